The van der Waals surface area contributed by atoms with Gasteiger partial charge in [-0.15, -0.1) is 0 Å². The molecule has 3 rings (SSSR count). The summed E-state index contributed by atoms with van der Waals surface area (Å²) in [5.41, 5.74) is 5.13. The van der Waals surface area contributed by atoms with E-state index in [9.17, 15) is 4.39 Å². The molecule has 1 nitrogen and oxygen atoms in total. The Hall–Kier alpha value is -2.45. The smallest absolute Gasteiger partial charge is 0.123 e. The minimum Gasteiger partial charge on any atom is -0.295 e. The highest BCUT2D eigenvalue weighted by atomic mass is 19.1. The Balaban J connectivity index is 1.63. The molecule has 0 radical (unpaired) electrons. The number of aryl methyl sites for hydroxylation is 2. The molecule has 0 aliphatic rings. The summed E-state index contributed by atoms with van der Waals surface area (Å²) in [6.07, 6.45) is 2.19. The van der Waals surface area contributed by atoms with E-state index in [4.69, 9.17) is 0 Å². The molecular formula is C24H26FN. The van der Waals surface area contributed by atoms with Crippen molar-refractivity contribution in [2.24, 2.45) is 0 Å². The Labute approximate surface area is 156 Å². The molecule has 0 aliphatic carbocycles. The van der Waals surface area contributed by atoms with Crippen LogP contribution in [0.3, 0.4) is 0 Å². The molecule has 0 bridgehead atoms. The topological polar surface area (TPSA) is 3.24 Å². The zero-order valence-corrected chi connectivity index (χ0v) is 15.4. The van der Waals surface area contributed by atoms with Crippen LogP contribution in [0.15, 0.2) is 78.9 Å². The van der Waals surface area contributed by atoms with Gasteiger partial charge in [-0.25, -0.2) is 4.39 Å². The van der Waals surface area contributed by atoms with E-state index in [0.717, 1.165) is 38.0 Å². The highest BCUT2D eigenvalue weighted by Gasteiger charge is 2.08. The van der Waals surface area contributed by atoms with Gasteiger partial charge in [0.25, 0.3) is 0 Å². The number of benzene rings is 3. The molecule has 0 saturated heterocycles. The summed E-state index contributed by atoms with van der Waals surface area (Å²) in [6, 6.07) is 26.2. The van der Waals surface area contributed by atoms with E-state index in [1.807, 2.05) is 12.1 Å². The van der Waals surface area contributed by atoms with Crippen molar-refractivity contribution in [2.75, 3.05) is 6.54 Å². The lowest BCUT2D eigenvalue weighted by molar-refractivity contribution is 0.253. The SMILES string of the molecule is Cc1ccc(CN(CCCc2ccccc2)Cc2ccc(F)cc2)cc1. The molecule has 134 valence electrons. The van der Waals surface area contributed by atoms with E-state index in [1.165, 1.54) is 16.7 Å². The lowest BCUT2D eigenvalue weighted by Gasteiger charge is -2.23. The highest BCUT2D eigenvalue weighted by molar-refractivity contribution is 5.22. The van der Waals surface area contributed by atoms with E-state index >= 15 is 0 Å². The maximum atomic E-state index is 13.2. The maximum absolute atomic E-state index is 13.2. The number of hydrogen-bond donors (Lipinski definition) is 0. The zero-order chi connectivity index (χ0) is 18.2. The lowest BCUT2D eigenvalue weighted by Crippen LogP contribution is -2.24. The third-order valence-electron chi connectivity index (χ3n) is 4.63. The summed E-state index contributed by atoms with van der Waals surface area (Å²) < 4.78 is 13.2. The fraction of sp³-hybridized carbons (Fsp3) is 0.250. The minimum atomic E-state index is -0.178. The van der Waals surface area contributed by atoms with Crippen LogP contribution in [0, 0.1) is 12.7 Å². The molecule has 0 heterocycles. The lowest BCUT2D eigenvalue weighted by atomic mass is 10.1. The van der Waals surface area contributed by atoms with E-state index in [-0.39, 0.29) is 5.82 Å². The number of hydrogen-bond acceptors (Lipinski definition) is 1. The predicted octanol–water partition coefficient (Wildman–Crippen LogP) is 5.77. The molecule has 0 amide bonds. The maximum Gasteiger partial charge on any atom is 0.123 e. The summed E-state index contributed by atoms with van der Waals surface area (Å²) >= 11 is 0. The van der Waals surface area contributed by atoms with E-state index < -0.39 is 0 Å². The van der Waals surface area contributed by atoms with Crippen LogP contribution in [0.1, 0.15) is 28.7 Å². The Morgan fingerprint density at radius 3 is 1.88 bits per heavy atom. The van der Waals surface area contributed by atoms with Gasteiger partial charge in [-0.05, 0) is 55.1 Å². The van der Waals surface area contributed by atoms with Crippen LogP contribution in [0.4, 0.5) is 4.39 Å². The number of halogens is 1. The standard InChI is InChI=1S/C24H26FN/c1-20-9-11-22(12-10-20)18-26(19-23-13-15-24(25)16-14-23)17-5-8-21-6-3-2-4-7-21/h2-4,6-7,9-16H,5,8,17-19H2,1H3. The van der Waals surface area contributed by atoms with Gasteiger partial charge in [0, 0.05) is 13.1 Å². The predicted molar refractivity (Wildman–Crippen MR) is 106 cm³/mol. The van der Waals surface area contributed by atoms with Gasteiger partial charge in [-0.1, -0.05) is 72.3 Å². The first-order chi connectivity index (χ1) is 12.7. The number of nitrogens with zero attached hydrogens (tertiary/aromatic N) is 1. The Bertz CT molecular complexity index is 731. The van der Waals surface area contributed by atoms with Crippen LogP contribution >= 0.6 is 0 Å². The Morgan fingerprint density at radius 1 is 0.692 bits per heavy atom. The first kappa shape index (κ1) is 18.3. The van der Waals surface area contributed by atoms with Gasteiger partial charge in [0.2, 0.25) is 0 Å². The molecular weight excluding hydrogens is 321 g/mol. The van der Waals surface area contributed by atoms with Crippen molar-refractivity contribution < 1.29 is 4.39 Å². The fourth-order valence-corrected chi connectivity index (χ4v) is 3.17. The van der Waals surface area contributed by atoms with Gasteiger partial charge in [-0.2, -0.15) is 0 Å². The van der Waals surface area contributed by atoms with Crippen molar-refractivity contribution in [3.8, 4) is 0 Å². The third kappa shape index (κ3) is 5.82. The van der Waals surface area contributed by atoms with Crippen LogP contribution < -0.4 is 0 Å². The Morgan fingerprint density at radius 2 is 1.27 bits per heavy atom. The van der Waals surface area contributed by atoms with Crippen LogP contribution in [0.25, 0.3) is 0 Å². The van der Waals surface area contributed by atoms with Crippen LogP contribution in [0.5, 0.6) is 0 Å². The summed E-state index contributed by atoms with van der Waals surface area (Å²) in [7, 11) is 0. The summed E-state index contributed by atoms with van der Waals surface area (Å²) in [5, 5.41) is 0. The van der Waals surface area contributed by atoms with Crippen LogP contribution in [-0.2, 0) is 19.5 Å². The molecule has 3 aromatic carbocycles. The fourth-order valence-electron chi connectivity index (χ4n) is 3.17. The molecule has 0 N–H and O–H groups in total. The summed E-state index contributed by atoms with van der Waals surface area (Å²) in [5.74, 6) is -0.178. The highest BCUT2D eigenvalue weighted by Crippen LogP contribution is 2.13. The monoisotopic (exact) mass is 347 g/mol. The van der Waals surface area contributed by atoms with Crippen molar-refractivity contribution in [3.63, 3.8) is 0 Å². The van der Waals surface area contributed by atoms with Crippen LogP contribution in [-0.4, -0.2) is 11.4 Å². The first-order valence-electron chi connectivity index (χ1n) is 9.25. The second-order valence-corrected chi connectivity index (χ2v) is 6.91. The average molecular weight is 347 g/mol. The molecule has 2 heteroatoms. The van der Waals surface area contributed by atoms with Gasteiger partial charge in [0.05, 0.1) is 0 Å². The molecule has 0 unspecified atom stereocenters. The second-order valence-electron chi connectivity index (χ2n) is 6.91. The molecule has 0 atom stereocenters. The first-order valence-corrected chi connectivity index (χ1v) is 9.25. The van der Waals surface area contributed by atoms with Crippen molar-refractivity contribution in [1.82, 2.24) is 4.90 Å². The number of rotatable bonds is 8. The summed E-state index contributed by atoms with van der Waals surface area (Å²) in [6.45, 7) is 4.87. The average Bonchev–Trinajstić information content (AvgIpc) is 2.66. The van der Waals surface area contributed by atoms with Crippen molar-refractivity contribution >= 4 is 0 Å². The third-order valence-corrected chi connectivity index (χ3v) is 4.63. The van der Waals surface area contributed by atoms with Crippen LogP contribution in [0.2, 0.25) is 0 Å². The molecule has 0 aliphatic heterocycles. The molecule has 0 aromatic heterocycles. The normalized spacial score (nSPS) is 11.0. The van der Waals surface area contributed by atoms with Gasteiger partial charge in [0.15, 0.2) is 0 Å². The molecule has 3 aromatic rings. The van der Waals surface area contributed by atoms with Crippen molar-refractivity contribution in [2.45, 2.75) is 32.9 Å². The minimum absolute atomic E-state index is 0.178. The molecule has 0 saturated carbocycles. The Kier molecular flexibility index (Phi) is 6.56. The largest absolute Gasteiger partial charge is 0.295 e. The van der Waals surface area contributed by atoms with Gasteiger partial charge < -0.3 is 0 Å². The zero-order valence-electron chi connectivity index (χ0n) is 15.4. The molecule has 26 heavy (non-hydrogen) atoms. The quantitative estimate of drug-likeness (QED) is 0.500. The van der Waals surface area contributed by atoms with Gasteiger partial charge >= 0.3 is 0 Å². The van der Waals surface area contributed by atoms with Crippen molar-refractivity contribution in [3.05, 3.63) is 107 Å². The second kappa shape index (κ2) is 9.30. The van der Waals surface area contributed by atoms with E-state index in [2.05, 4.69) is 66.4 Å². The van der Waals surface area contributed by atoms with E-state index in [0.29, 0.717) is 0 Å². The van der Waals surface area contributed by atoms with Crippen molar-refractivity contribution in [1.29, 1.82) is 0 Å². The molecule has 0 spiro atoms. The van der Waals surface area contributed by atoms with Gasteiger partial charge in [-0.3, -0.25) is 4.90 Å². The van der Waals surface area contributed by atoms with E-state index in [1.54, 1.807) is 12.1 Å². The summed E-state index contributed by atoms with van der Waals surface area (Å²) in [4.78, 5) is 2.45. The van der Waals surface area contributed by atoms with Gasteiger partial charge in [0.1, 0.15) is 5.82 Å². The molecule has 0 fully saturated rings.